The smallest absolute Gasteiger partial charge is 0.254 e. The van der Waals surface area contributed by atoms with Crippen molar-refractivity contribution < 1.29 is 14.0 Å². The quantitative estimate of drug-likeness (QED) is 0.256. The van der Waals surface area contributed by atoms with Gasteiger partial charge in [-0.3, -0.25) is 14.5 Å². The van der Waals surface area contributed by atoms with E-state index in [-0.39, 0.29) is 17.6 Å². The molecule has 0 atom stereocenters. The molecule has 1 aliphatic carbocycles. The second-order valence-electron chi connectivity index (χ2n) is 12.4. The number of fused-ring (bicyclic) bond motifs is 4. The summed E-state index contributed by atoms with van der Waals surface area (Å²) in [7, 11) is 0. The Hall–Kier alpha value is -4.49. The molecular weight excluding hydrogens is 563 g/mol. The van der Waals surface area contributed by atoms with Gasteiger partial charge < -0.3 is 15.1 Å². The van der Waals surface area contributed by atoms with Crippen molar-refractivity contribution in [2.75, 3.05) is 44.2 Å². The van der Waals surface area contributed by atoms with E-state index in [1.807, 2.05) is 31.2 Å². The first-order chi connectivity index (χ1) is 22.0. The van der Waals surface area contributed by atoms with Crippen LogP contribution >= 0.6 is 0 Å². The van der Waals surface area contributed by atoms with Gasteiger partial charge in [0.1, 0.15) is 11.2 Å². The van der Waals surface area contributed by atoms with E-state index in [2.05, 4.69) is 63.6 Å². The second-order valence-corrected chi connectivity index (χ2v) is 12.4. The maximum absolute atomic E-state index is 13.8. The van der Waals surface area contributed by atoms with E-state index in [1.165, 1.54) is 12.1 Å². The minimum atomic E-state index is -0.676. The lowest BCUT2D eigenvalue weighted by molar-refractivity contribution is -0.125. The minimum Gasteiger partial charge on any atom is -0.369 e. The Labute approximate surface area is 264 Å². The van der Waals surface area contributed by atoms with Crippen molar-refractivity contribution in [1.29, 1.82) is 0 Å². The van der Waals surface area contributed by atoms with Gasteiger partial charge in [-0.2, -0.15) is 0 Å². The molecular formula is C38H39FN4O2. The fourth-order valence-electron chi connectivity index (χ4n) is 7.59. The number of piperazine rings is 1. The summed E-state index contributed by atoms with van der Waals surface area (Å²) < 4.78 is 13.7. The van der Waals surface area contributed by atoms with Gasteiger partial charge in [-0.15, -0.1) is 0 Å². The Morgan fingerprint density at radius 1 is 0.844 bits per heavy atom. The lowest BCUT2D eigenvalue weighted by Gasteiger charge is -2.37. The topological polar surface area (TPSA) is 55.9 Å². The van der Waals surface area contributed by atoms with Crippen molar-refractivity contribution >= 4 is 17.5 Å². The van der Waals surface area contributed by atoms with E-state index in [0.717, 1.165) is 90.2 Å². The van der Waals surface area contributed by atoms with E-state index in [9.17, 15) is 14.0 Å². The highest BCUT2D eigenvalue weighted by Gasteiger charge is 2.48. The SMILES string of the molecule is CCNC(=O)C1(CCCN2CCN(c3ccc4c(c3)C(=O)N(Cc3cccc(F)c3)C4)CC2)c2ccccc2-c2ccccc21. The number of hydrogen-bond acceptors (Lipinski definition) is 4. The number of likely N-dealkylation sites (N-methyl/N-ethyl adjacent to an activating group) is 1. The molecule has 6 nitrogen and oxygen atoms in total. The van der Waals surface area contributed by atoms with Crippen LogP contribution in [0.15, 0.2) is 91.0 Å². The molecule has 0 spiro atoms. The standard InChI is InChI=1S/C38H39FN4O2/c1-2-40-37(45)38(34-13-5-3-11-31(34)32-12-4-6-14-35(32)38)17-8-18-41-19-21-42(22-20-41)30-16-15-28-26-43(36(44)33(28)24-30)25-27-9-7-10-29(39)23-27/h3-7,9-16,23-24H,2,8,17-22,25-26H2,1H3,(H,40,45). The van der Waals surface area contributed by atoms with Gasteiger partial charge in [0.15, 0.2) is 0 Å². The van der Waals surface area contributed by atoms with Crippen molar-refractivity contribution in [3.8, 4) is 11.1 Å². The normalized spacial score (nSPS) is 16.8. The highest BCUT2D eigenvalue weighted by atomic mass is 19.1. The van der Waals surface area contributed by atoms with Gasteiger partial charge >= 0.3 is 0 Å². The summed E-state index contributed by atoms with van der Waals surface area (Å²) in [5.74, 6) is -0.187. The molecule has 7 rings (SSSR count). The largest absolute Gasteiger partial charge is 0.369 e. The van der Waals surface area contributed by atoms with Gasteiger partial charge in [-0.25, -0.2) is 4.39 Å². The molecule has 2 heterocycles. The first-order valence-electron chi connectivity index (χ1n) is 16.1. The Morgan fingerprint density at radius 3 is 2.24 bits per heavy atom. The van der Waals surface area contributed by atoms with Crippen LogP contribution in [0.4, 0.5) is 10.1 Å². The van der Waals surface area contributed by atoms with Crippen molar-refractivity contribution in [2.45, 2.75) is 38.3 Å². The molecule has 0 unspecified atom stereocenters. The summed E-state index contributed by atoms with van der Waals surface area (Å²) >= 11 is 0. The monoisotopic (exact) mass is 602 g/mol. The van der Waals surface area contributed by atoms with Crippen LogP contribution in [0.1, 0.15) is 52.4 Å². The molecule has 2 amide bonds. The minimum absolute atomic E-state index is 0.00541. The zero-order chi connectivity index (χ0) is 31.0. The molecule has 4 aromatic carbocycles. The molecule has 1 fully saturated rings. The molecule has 7 heteroatoms. The third kappa shape index (κ3) is 5.29. The fourth-order valence-corrected chi connectivity index (χ4v) is 7.59. The molecule has 230 valence electrons. The lowest BCUT2D eigenvalue weighted by Crippen LogP contribution is -2.47. The number of nitrogens with zero attached hydrogens (tertiary/aromatic N) is 3. The van der Waals surface area contributed by atoms with E-state index in [1.54, 1.807) is 11.0 Å². The molecule has 2 aliphatic heterocycles. The molecule has 0 radical (unpaired) electrons. The van der Waals surface area contributed by atoms with Gasteiger partial charge in [0, 0.05) is 57.1 Å². The highest BCUT2D eigenvalue weighted by molar-refractivity contribution is 6.01. The van der Waals surface area contributed by atoms with Crippen LogP contribution in [0.2, 0.25) is 0 Å². The van der Waals surface area contributed by atoms with Crippen LogP contribution in [-0.2, 0) is 23.3 Å². The van der Waals surface area contributed by atoms with Crippen LogP contribution in [0.3, 0.4) is 0 Å². The van der Waals surface area contributed by atoms with Crippen LogP contribution < -0.4 is 10.2 Å². The van der Waals surface area contributed by atoms with E-state index >= 15 is 0 Å². The third-order valence-electron chi connectivity index (χ3n) is 9.79. The first-order valence-corrected chi connectivity index (χ1v) is 16.1. The van der Waals surface area contributed by atoms with Crippen molar-refractivity contribution in [3.63, 3.8) is 0 Å². The number of carbonyl (C=O) groups is 2. The van der Waals surface area contributed by atoms with Crippen LogP contribution in [-0.4, -0.2) is 60.9 Å². The summed E-state index contributed by atoms with van der Waals surface area (Å²) in [5.41, 5.74) is 7.52. The average Bonchev–Trinajstić information content (AvgIpc) is 3.53. The summed E-state index contributed by atoms with van der Waals surface area (Å²) in [6.07, 6.45) is 1.67. The number of rotatable bonds is 9. The Balaban J connectivity index is 0.990. The second kappa shape index (κ2) is 12.1. The zero-order valence-electron chi connectivity index (χ0n) is 25.8. The lowest BCUT2D eigenvalue weighted by atomic mass is 9.73. The molecule has 0 aromatic heterocycles. The Morgan fingerprint density at radius 2 is 1.56 bits per heavy atom. The van der Waals surface area contributed by atoms with E-state index in [4.69, 9.17) is 0 Å². The number of hydrogen-bond donors (Lipinski definition) is 1. The Bertz CT molecular complexity index is 1700. The van der Waals surface area contributed by atoms with E-state index < -0.39 is 5.41 Å². The average molecular weight is 603 g/mol. The van der Waals surface area contributed by atoms with Crippen molar-refractivity contribution in [2.24, 2.45) is 0 Å². The van der Waals surface area contributed by atoms with Gasteiger partial charge in [0.25, 0.3) is 5.91 Å². The number of carbonyl (C=O) groups excluding carboxylic acids is 2. The summed E-state index contributed by atoms with van der Waals surface area (Å²) in [6, 6.07) is 29.4. The summed E-state index contributed by atoms with van der Waals surface area (Å²) in [4.78, 5) is 33.7. The zero-order valence-corrected chi connectivity index (χ0v) is 25.8. The molecule has 0 saturated carbocycles. The van der Waals surface area contributed by atoms with Gasteiger partial charge in [0.05, 0.1) is 0 Å². The summed E-state index contributed by atoms with van der Waals surface area (Å²) in [6.45, 7) is 8.08. The Kier molecular flexibility index (Phi) is 7.88. The van der Waals surface area contributed by atoms with Crippen LogP contribution in [0, 0.1) is 5.82 Å². The number of anilines is 1. The first kappa shape index (κ1) is 29.2. The number of halogens is 1. The molecule has 45 heavy (non-hydrogen) atoms. The number of amides is 2. The molecule has 1 N–H and O–H groups in total. The fraction of sp³-hybridized carbons (Fsp3) is 0.316. The van der Waals surface area contributed by atoms with Crippen molar-refractivity contribution in [1.82, 2.24) is 15.1 Å². The van der Waals surface area contributed by atoms with Gasteiger partial charge in [0.2, 0.25) is 5.91 Å². The molecule has 1 saturated heterocycles. The van der Waals surface area contributed by atoms with Gasteiger partial charge in [-0.05, 0) is 84.0 Å². The predicted molar refractivity (Wildman–Crippen MR) is 176 cm³/mol. The third-order valence-corrected chi connectivity index (χ3v) is 9.79. The highest BCUT2D eigenvalue weighted by Crippen LogP contribution is 2.51. The van der Waals surface area contributed by atoms with Crippen LogP contribution in [0.5, 0.6) is 0 Å². The van der Waals surface area contributed by atoms with Gasteiger partial charge in [-0.1, -0.05) is 66.7 Å². The number of nitrogens with one attached hydrogen (secondary N) is 1. The van der Waals surface area contributed by atoms with Crippen LogP contribution in [0.25, 0.3) is 11.1 Å². The van der Waals surface area contributed by atoms with E-state index in [0.29, 0.717) is 19.6 Å². The van der Waals surface area contributed by atoms with Crippen molar-refractivity contribution in [3.05, 3.63) is 125 Å². The number of benzene rings is 4. The molecule has 4 aromatic rings. The molecule has 3 aliphatic rings. The molecule has 0 bridgehead atoms. The predicted octanol–water partition coefficient (Wildman–Crippen LogP) is 5.99. The maximum Gasteiger partial charge on any atom is 0.254 e. The maximum atomic E-state index is 13.8. The summed E-state index contributed by atoms with van der Waals surface area (Å²) in [5, 5.41) is 3.16.